The van der Waals surface area contributed by atoms with Crippen LogP contribution in [0.1, 0.15) is 76.7 Å². The van der Waals surface area contributed by atoms with Gasteiger partial charge in [-0.05, 0) is 42.7 Å². The van der Waals surface area contributed by atoms with Crippen LogP contribution in [0.4, 0.5) is 0 Å². The van der Waals surface area contributed by atoms with E-state index in [1.807, 2.05) is 6.07 Å². The molecule has 0 heterocycles. The molecule has 0 fully saturated rings. The largest absolute Gasteiger partial charge is 1.00 e. The van der Waals surface area contributed by atoms with E-state index in [4.69, 9.17) is 4.74 Å². The van der Waals surface area contributed by atoms with E-state index in [9.17, 15) is 18.1 Å². The summed E-state index contributed by atoms with van der Waals surface area (Å²) in [5.74, 6) is 0.0964. The smallest absolute Gasteiger partial charge is 0.870 e. The Morgan fingerprint density at radius 1 is 0.871 bits per heavy atom. The molecule has 0 spiro atoms. The van der Waals surface area contributed by atoms with Crippen molar-refractivity contribution in [3.8, 4) is 17.2 Å². The number of hydrogen-bond acceptors (Lipinski definition) is 4. The van der Waals surface area contributed by atoms with Gasteiger partial charge in [-0.2, -0.15) is 8.42 Å². The third-order valence-electron chi connectivity index (χ3n) is 5.17. The van der Waals surface area contributed by atoms with E-state index in [2.05, 4.69) is 6.92 Å². The summed E-state index contributed by atoms with van der Waals surface area (Å²) in [6.45, 7) is 2.22. The molecule has 166 valence electrons. The van der Waals surface area contributed by atoms with Crippen LogP contribution in [0.5, 0.6) is 17.2 Å². The van der Waals surface area contributed by atoms with E-state index in [0.717, 1.165) is 25.3 Å². The third kappa shape index (κ3) is 10.4. The fourth-order valence-electron chi connectivity index (χ4n) is 3.49. The maximum atomic E-state index is 12.5. The average Bonchev–Trinajstić information content (AvgIpc) is 2.71. The van der Waals surface area contributed by atoms with Crippen molar-refractivity contribution in [3.63, 3.8) is 0 Å². The molecule has 2 aromatic rings. The molecule has 0 unspecified atom stereocenters. The Balaban J connectivity index is 0.00000480. The quantitative estimate of drug-likeness (QED) is 0.268. The topological polar surface area (TPSA) is 86.7 Å². The Hall–Kier alpha value is -1.05. The maximum absolute atomic E-state index is 12.5. The fraction of sp³-hybridized carbons (Fsp3) is 0.500. The van der Waals surface area contributed by atoms with Gasteiger partial charge in [-0.3, -0.25) is 4.55 Å². The number of unbranched alkanes of at least 4 members (excludes halogenated alkanes) is 9. The van der Waals surface area contributed by atoms with Crippen LogP contribution in [0.25, 0.3) is 0 Å². The van der Waals surface area contributed by atoms with E-state index in [1.54, 1.807) is 24.3 Å². The monoisotopic (exact) mass is 456 g/mol. The van der Waals surface area contributed by atoms with Gasteiger partial charge in [0.15, 0.2) is 0 Å². The summed E-state index contributed by atoms with van der Waals surface area (Å²) in [5.41, 5.74) is 0.513. The van der Waals surface area contributed by atoms with Crippen molar-refractivity contribution < 1.29 is 52.4 Å². The van der Waals surface area contributed by atoms with Gasteiger partial charge in [0.25, 0.3) is 10.1 Å². The summed E-state index contributed by atoms with van der Waals surface area (Å²) >= 11 is 0. The minimum atomic E-state index is -4.45. The number of rotatable bonds is 14. The molecule has 0 aliphatic heterocycles. The fourth-order valence-corrected chi connectivity index (χ4v) is 4.04. The van der Waals surface area contributed by atoms with Crippen LogP contribution < -0.4 is 39.4 Å². The van der Waals surface area contributed by atoms with Crippen molar-refractivity contribution in [1.29, 1.82) is 0 Å². The number of para-hydroxylation sites is 1. The van der Waals surface area contributed by atoms with Gasteiger partial charge in [-0.25, -0.2) is 0 Å². The van der Waals surface area contributed by atoms with E-state index in [1.165, 1.54) is 51.0 Å². The van der Waals surface area contributed by atoms with Crippen LogP contribution in [0.2, 0.25) is 0 Å². The zero-order valence-corrected chi connectivity index (χ0v) is 21.6. The second-order valence-corrected chi connectivity index (χ2v) is 9.15. The molecule has 0 saturated carbocycles. The van der Waals surface area contributed by atoms with E-state index in [0.29, 0.717) is 17.7 Å². The van der Waals surface area contributed by atoms with Gasteiger partial charge in [0.05, 0.1) is 4.90 Å². The van der Waals surface area contributed by atoms with Crippen molar-refractivity contribution in [3.05, 3.63) is 48.0 Å². The first-order valence-corrected chi connectivity index (χ1v) is 12.4. The first-order valence-electron chi connectivity index (χ1n) is 11.0. The predicted molar refractivity (Wildman–Crippen MR) is 118 cm³/mol. The molecular weight excluding hydrogens is 423 g/mol. The van der Waals surface area contributed by atoms with Crippen LogP contribution in [0.3, 0.4) is 0 Å². The van der Waals surface area contributed by atoms with Crippen molar-refractivity contribution in [2.75, 3.05) is 0 Å². The Morgan fingerprint density at radius 2 is 1.42 bits per heavy atom. The molecule has 0 atom stereocenters. The van der Waals surface area contributed by atoms with Crippen LogP contribution in [-0.2, 0) is 16.5 Å². The van der Waals surface area contributed by atoms with Gasteiger partial charge in [0.2, 0.25) is 0 Å². The predicted octanol–water partition coefficient (Wildman–Crippen LogP) is 3.27. The molecule has 0 saturated heterocycles. The van der Waals surface area contributed by atoms with Crippen LogP contribution in [-0.4, -0.2) is 13.0 Å². The second kappa shape index (κ2) is 14.9. The summed E-state index contributed by atoms with van der Waals surface area (Å²) in [7, 11) is -4.45. The normalized spacial score (nSPS) is 11.2. The van der Waals surface area contributed by atoms with E-state index < -0.39 is 15.9 Å². The molecule has 0 aliphatic rings. The third-order valence-corrected chi connectivity index (χ3v) is 6.00. The molecule has 2 rings (SSSR count). The van der Waals surface area contributed by atoms with E-state index in [-0.39, 0.29) is 40.2 Å². The van der Waals surface area contributed by atoms with Crippen molar-refractivity contribution in [2.45, 2.75) is 82.4 Å². The molecule has 0 bridgehead atoms. The summed E-state index contributed by atoms with van der Waals surface area (Å²) in [4.78, 5) is -0.380. The first kappa shape index (κ1) is 28.0. The molecule has 31 heavy (non-hydrogen) atoms. The van der Waals surface area contributed by atoms with Gasteiger partial charge in [-0.1, -0.05) is 88.7 Å². The SMILES string of the molecule is CCCCCCCCCCCCc1cc(S(=O)(=O)O)cc([O-])c1Oc1ccccc1.[Na+]. The molecule has 1 N–H and O–H groups in total. The summed E-state index contributed by atoms with van der Waals surface area (Å²) in [5, 5.41) is 12.5. The summed E-state index contributed by atoms with van der Waals surface area (Å²) in [6, 6.07) is 11.2. The number of aryl methyl sites for hydroxylation is 1. The van der Waals surface area contributed by atoms with Gasteiger partial charge in [0.1, 0.15) is 11.5 Å². The molecule has 2 aromatic carbocycles. The number of hydrogen-bond donors (Lipinski definition) is 1. The van der Waals surface area contributed by atoms with Gasteiger partial charge >= 0.3 is 29.6 Å². The number of benzene rings is 2. The minimum absolute atomic E-state index is 0. The van der Waals surface area contributed by atoms with E-state index >= 15 is 0 Å². The first-order chi connectivity index (χ1) is 14.4. The maximum Gasteiger partial charge on any atom is 1.00 e. The molecule has 0 amide bonds. The Kier molecular flexibility index (Phi) is 13.5. The molecule has 7 heteroatoms. The standard InChI is InChI=1S/C24H34O5S.Na/c1-2-3-4-5-6-7-8-9-10-12-15-20-18-22(30(26,27)28)19-23(25)24(20)29-21-16-13-11-14-17-21;/h11,13-14,16-19,25H,2-10,12,15H2,1H3,(H,26,27,28);/q;+1/p-1. The van der Waals surface area contributed by atoms with Crippen molar-refractivity contribution in [1.82, 2.24) is 0 Å². The molecule has 5 nitrogen and oxygen atoms in total. The second-order valence-electron chi connectivity index (χ2n) is 7.73. The van der Waals surface area contributed by atoms with Crippen molar-refractivity contribution in [2.24, 2.45) is 0 Å². The minimum Gasteiger partial charge on any atom is -0.870 e. The molecule has 0 aromatic heterocycles. The summed E-state index contributed by atoms with van der Waals surface area (Å²) in [6.07, 6.45) is 12.4. The van der Waals surface area contributed by atoms with Crippen molar-refractivity contribution >= 4 is 10.1 Å². The zero-order valence-electron chi connectivity index (χ0n) is 18.8. The Bertz CT molecular complexity index is 869. The van der Waals surface area contributed by atoms with Gasteiger partial charge in [-0.15, -0.1) is 0 Å². The Morgan fingerprint density at radius 3 is 1.97 bits per heavy atom. The van der Waals surface area contributed by atoms with Crippen LogP contribution in [0, 0.1) is 0 Å². The summed E-state index contributed by atoms with van der Waals surface area (Å²) < 4.78 is 38.2. The van der Waals surface area contributed by atoms with Crippen LogP contribution in [0.15, 0.2) is 47.4 Å². The average molecular weight is 457 g/mol. The Labute approximate surface area is 209 Å². The zero-order chi connectivity index (χ0) is 21.8. The molecule has 0 radical (unpaired) electrons. The molecular formula is C24H33NaO5S. The number of ether oxygens (including phenoxy) is 1. The van der Waals surface area contributed by atoms with Gasteiger partial charge in [0, 0.05) is 0 Å². The molecule has 0 aliphatic carbocycles. The van der Waals surface area contributed by atoms with Crippen LogP contribution >= 0.6 is 0 Å². The van der Waals surface area contributed by atoms with Gasteiger partial charge < -0.3 is 9.84 Å².